The van der Waals surface area contributed by atoms with Crippen LogP contribution >= 0.6 is 0 Å². The van der Waals surface area contributed by atoms with Gasteiger partial charge in [0.1, 0.15) is 0 Å². The molecule has 106 valence electrons. The summed E-state index contributed by atoms with van der Waals surface area (Å²) in [6.45, 7) is 7.62. The predicted molar refractivity (Wildman–Crippen MR) is 74.5 cm³/mol. The van der Waals surface area contributed by atoms with Crippen molar-refractivity contribution in [1.82, 2.24) is 4.90 Å². The van der Waals surface area contributed by atoms with Crippen LogP contribution in [0.1, 0.15) is 25.0 Å². The summed E-state index contributed by atoms with van der Waals surface area (Å²) in [4.78, 5) is 2.19. The molecule has 0 saturated heterocycles. The maximum absolute atomic E-state index is 9.48. The fourth-order valence-electron chi connectivity index (χ4n) is 2.50. The molecule has 4 nitrogen and oxygen atoms in total. The Bertz CT molecular complexity index is 445. The van der Waals surface area contributed by atoms with E-state index in [9.17, 15) is 5.11 Å². The summed E-state index contributed by atoms with van der Waals surface area (Å²) in [7, 11) is 2.05. The number of likely N-dealkylation sites (N-methyl/N-ethyl adjacent to an activating group) is 1. The quantitative estimate of drug-likeness (QED) is 0.886. The van der Waals surface area contributed by atoms with Gasteiger partial charge in [-0.3, -0.25) is 4.90 Å². The Morgan fingerprint density at radius 3 is 2.47 bits per heavy atom. The third kappa shape index (κ3) is 3.01. The summed E-state index contributed by atoms with van der Waals surface area (Å²) in [5.41, 5.74) is 2.40. The molecule has 1 atom stereocenters. The lowest BCUT2D eigenvalue weighted by molar-refractivity contribution is 0.107. The van der Waals surface area contributed by atoms with E-state index < -0.39 is 0 Å². The van der Waals surface area contributed by atoms with Gasteiger partial charge in [0, 0.05) is 12.6 Å². The molecule has 0 bridgehead atoms. The second-order valence-electron chi connectivity index (χ2n) is 5.54. The van der Waals surface area contributed by atoms with E-state index in [1.165, 1.54) is 11.1 Å². The molecule has 19 heavy (non-hydrogen) atoms. The highest BCUT2D eigenvalue weighted by atomic mass is 16.7. The van der Waals surface area contributed by atoms with Crippen molar-refractivity contribution in [1.29, 1.82) is 0 Å². The third-order valence-corrected chi connectivity index (χ3v) is 3.77. The lowest BCUT2D eigenvalue weighted by atomic mass is 10.0. The molecular formula is C15H23NO3. The Kier molecular flexibility index (Phi) is 4.32. The minimum Gasteiger partial charge on any atom is -0.454 e. The van der Waals surface area contributed by atoms with Crippen molar-refractivity contribution in [3.8, 4) is 11.5 Å². The van der Waals surface area contributed by atoms with Crippen LogP contribution in [0.4, 0.5) is 0 Å². The maximum Gasteiger partial charge on any atom is 0.231 e. The van der Waals surface area contributed by atoms with Crippen LogP contribution < -0.4 is 9.47 Å². The average Bonchev–Trinajstić information content (AvgIpc) is 2.76. The Hall–Kier alpha value is -1.26. The minimum absolute atomic E-state index is 0.171. The number of nitrogens with zero attached hydrogens (tertiary/aromatic N) is 1. The molecule has 0 spiro atoms. The SMILES string of the molecule is Cc1cc2c(cc1CN(C)C(CO)C(C)C)OCO2. The van der Waals surface area contributed by atoms with E-state index in [-0.39, 0.29) is 12.6 Å². The van der Waals surface area contributed by atoms with Crippen molar-refractivity contribution in [3.63, 3.8) is 0 Å². The fourth-order valence-corrected chi connectivity index (χ4v) is 2.50. The number of rotatable bonds is 5. The number of hydrogen-bond acceptors (Lipinski definition) is 4. The molecule has 4 heteroatoms. The third-order valence-electron chi connectivity index (χ3n) is 3.77. The summed E-state index contributed by atoms with van der Waals surface area (Å²) in [6, 6.07) is 4.24. The van der Waals surface area contributed by atoms with Crippen LogP contribution in [0.2, 0.25) is 0 Å². The zero-order valence-electron chi connectivity index (χ0n) is 12.1. The Labute approximate surface area is 114 Å². The largest absolute Gasteiger partial charge is 0.454 e. The summed E-state index contributed by atoms with van der Waals surface area (Å²) < 4.78 is 10.8. The lowest BCUT2D eigenvalue weighted by Crippen LogP contribution is -2.38. The highest BCUT2D eigenvalue weighted by Crippen LogP contribution is 2.35. The Balaban J connectivity index is 2.15. The number of aliphatic hydroxyl groups is 1. The van der Waals surface area contributed by atoms with Gasteiger partial charge in [0.2, 0.25) is 6.79 Å². The molecule has 0 aromatic heterocycles. The van der Waals surface area contributed by atoms with E-state index in [1.807, 2.05) is 19.2 Å². The zero-order chi connectivity index (χ0) is 14.0. The van der Waals surface area contributed by atoms with Crippen molar-refractivity contribution in [2.24, 2.45) is 5.92 Å². The smallest absolute Gasteiger partial charge is 0.231 e. The second-order valence-corrected chi connectivity index (χ2v) is 5.54. The van der Waals surface area contributed by atoms with E-state index >= 15 is 0 Å². The number of aryl methyl sites for hydroxylation is 1. The topological polar surface area (TPSA) is 41.9 Å². The van der Waals surface area contributed by atoms with Crippen LogP contribution in [-0.2, 0) is 6.54 Å². The summed E-state index contributed by atoms with van der Waals surface area (Å²) in [5.74, 6) is 2.06. The summed E-state index contributed by atoms with van der Waals surface area (Å²) in [6.07, 6.45) is 0. The second kappa shape index (κ2) is 5.80. The van der Waals surface area contributed by atoms with Crippen molar-refractivity contribution >= 4 is 0 Å². The van der Waals surface area contributed by atoms with Crippen molar-refractivity contribution in [3.05, 3.63) is 23.3 Å². The monoisotopic (exact) mass is 265 g/mol. The van der Waals surface area contributed by atoms with E-state index in [1.54, 1.807) is 0 Å². The van der Waals surface area contributed by atoms with Crippen LogP contribution in [0.5, 0.6) is 11.5 Å². The van der Waals surface area contributed by atoms with Gasteiger partial charge in [-0.25, -0.2) is 0 Å². The number of aliphatic hydroxyl groups excluding tert-OH is 1. The van der Waals surface area contributed by atoms with Crippen molar-refractivity contribution in [2.75, 3.05) is 20.4 Å². The first-order valence-corrected chi connectivity index (χ1v) is 6.73. The molecule has 0 fully saturated rings. The molecule has 0 aliphatic carbocycles. The van der Waals surface area contributed by atoms with Gasteiger partial charge in [0.05, 0.1) is 6.61 Å². The molecule has 1 unspecified atom stereocenters. The van der Waals surface area contributed by atoms with Crippen LogP contribution in [0.25, 0.3) is 0 Å². The van der Waals surface area contributed by atoms with Gasteiger partial charge in [-0.1, -0.05) is 13.8 Å². The van der Waals surface area contributed by atoms with E-state index in [0.29, 0.717) is 12.7 Å². The number of hydrogen-bond donors (Lipinski definition) is 1. The molecular weight excluding hydrogens is 242 g/mol. The molecule has 1 N–H and O–H groups in total. The number of benzene rings is 1. The average molecular weight is 265 g/mol. The minimum atomic E-state index is 0.171. The summed E-state index contributed by atoms with van der Waals surface area (Å²) in [5, 5.41) is 9.48. The highest BCUT2D eigenvalue weighted by molar-refractivity contribution is 5.48. The van der Waals surface area contributed by atoms with Gasteiger partial charge < -0.3 is 14.6 Å². The standard InChI is InChI=1S/C15H23NO3/c1-10(2)13(8-17)16(4)7-12-6-15-14(5-11(12)3)18-9-19-15/h5-6,10,13,17H,7-9H2,1-4H3. The molecule has 1 aliphatic rings. The van der Waals surface area contributed by atoms with Gasteiger partial charge in [-0.2, -0.15) is 0 Å². The lowest BCUT2D eigenvalue weighted by Gasteiger charge is -2.30. The number of ether oxygens (including phenoxy) is 2. The fraction of sp³-hybridized carbons (Fsp3) is 0.600. The molecule has 1 heterocycles. The Morgan fingerprint density at radius 1 is 1.26 bits per heavy atom. The zero-order valence-corrected chi connectivity index (χ0v) is 12.1. The van der Waals surface area contributed by atoms with Gasteiger partial charge in [0.15, 0.2) is 11.5 Å². The van der Waals surface area contributed by atoms with Crippen LogP contribution in [-0.4, -0.2) is 36.5 Å². The maximum atomic E-state index is 9.48. The first-order chi connectivity index (χ1) is 9.02. The van der Waals surface area contributed by atoms with Crippen molar-refractivity contribution in [2.45, 2.75) is 33.4 Å². The van der Waals surface area contributed by atoms with E-state index in [0.717, 1.165) is 18.0 Å². The Morgan fingerprint density at radius 2 is 1.89 bits per heavy atom. The molecule has 2 rings (SSSR count). The van der Waals surface area contributed by atoms with Crippen LogP contribution in [0.3, 0.4) is 0 Å². The first kappa shape index (κ1) is 14.2. The highest BCUT2D eigenvalue weighted by Gasteiger charge is 2.20. The van der Waals surface area contributed by atoms with Gasteiger partial charge in [-0.15, -0.1) is 0 Å². The van der Waals surface area contributed by atoms with Gasteiger partial charge in [-0.05, 0) is 43.1 Å². The molecule has 0 saturated carbocycles. The predicted octanol–water partition coefficient (Wildman–Crippen LogP) is 2.17. The first-order valence-electron chi connectivity index (χ1n) is 6.73. The summed E-state index contributed by atoms with van der Waals surface area (Å²) >= 11 is 0. The molecule has 0 radical (unpaired) electrons. The van der Waals surface area contributed by atoms with E-state index in [4.69, 9.17) is 9.47 Å². The van der Waals surface area contributed by atoms with Gasteiger partial charge in [0.25, 0.3) is 0 Å². The van der Waals surface area contributed by atoms with Crippen molar-refractivity contribution < 1.29 is 14.6 Å². The molecule has 1 aliphatic heterocycles. The normalized spacial score (nSPS) is 15.3. The molecule has 1 aromatic rings. The van der Waals surface area contributed by atoms with Crippen LogP contribution in [0.15, 0.2) is 12.1 Å². The van der Waals surface area contributed by atoms with Gasteiger partial charge >= 0.3 is 0 Å². The molecule has 1 aromatic carbocycles. The number of fused-ring (bicyclic) bond motifs is 1. The molecule has 0 amide bonds. The van der Waals surface area contributed by atoms with E-state index in [2.05, 4.69) is 25.7 Å². The van der Waals surface area contributed by atoms with Crippen LogP contribution in [0, 0.1) is 12.8 Å².